The van der Waals surface area contributed by atoms with Gasteiger partial charge >= 0.3 is 0 Å². The molecule has 134 valence electrons. The average molecular weight is 366 g/mol. The predicted octanol–water partition coefficient (Wildman–Crippen LogP) is 4.15. The molecule has 1 amide bonds. The summed E-state index contributed by atoms with van der Waals surface area (Å²) in [5.74, 6) is 0.810. The van der Waals surface area contributed by atoms with E-state index >= 15 is 0 Å². The molecular weight excluding hydrogens is 344 g/mol. The van der Waals surface area contributed by atoms with Gasteiger partial charge in [0.1, 0.15) is 6.33 Å². The van der Waals surface area contributed by atoms with Crippen LogP contribution < -0.4 is 4.90 Å². The molecule has 2 aromatic carbocycles. The summed E-state index contributed by atoms with van der Waals surface area (Å²) in [5, 5.41) is 8.87. The van der Waals surface area contributed by atoms with Gasteiger partial charge in [-0.3, -0.25) is 9.36 Å². The lowest BCUT2D eigenvalue weighted by atomic mass is 10.0. The minimum atomic E-state index is 0.0194. The number of amides is 1. The van der Waals surface area contributed by atoms with Crippen molar-refractivity contribution in [2.45, 2.75) is 24.9 Å². The zero-order valence-corrected chi connectivity index (χ0v) is 16.0. The maximum absolute atomic E-state index is 12.5. The smallest absolute Gasteiger partial charge is 0.237 e. The number of hydrogen-bond donors (Lipinski definition) is 0. The second-order valence-electron chi connectivity index (χ2n) is 6.31. The molecule has 0 radical (unpaired) electrons. The molecule has 0 bridgehead atoms. The first kappa shape index (κ1) is 18.2. The van der Waals surface area contributed by atoms with Crippen molar-refractivity contribution in [3.63, 3.8) is 0 Å². The number of thioether (sulfide) groups is 1. The van der Waals surface area contributed by atoms with Crippen molar-refractivity contribution < 1.29 is 4.79 Å². The molecule has 0 fully saturated rings. The fourth-order valence-electron chi connectivity index (χ4n) is 2.54. The number of nitrogens with zero attached hydrogens (tertiary/aromatic N) is 4. The van der Waals surface area contributed by atoms with Gasteiger partial charge in [-0.2, -0.15) is 0 Å². The second kappa shape index (κ2) is 8.19. The molecule has 0 unspecified atom stereocenters. The summed E-state index contributed by atoms with van der Waals surface area (Å²) < 4.78 is 1.91. The number of benzene rings is 2. The van der Waals surface area contributed by atoms with Crippen molar-refractivity contribution in [2.75, 3.05) is 17.7 Å². The molecule has 5 nitrogen and oxygen atoms in total. The van der Waals surface area contributed by atoms with E-state index < -0.39 is 0 Å². The van der Waals surface area contributed by atoms with Gasteiger partial charge in [0.15, 0.2) is 5.16 Å². The third-order valence-corrected chi connectivity index (χ3v) is 5.12. The fourth-order valence-corrected chi connectivity index (χ4v) is 3.38. The maximum atomic E-state index is 12.5. The van der Waals surface area contributed by atoms with Gasteiger partial charge in [-0.05, 0) is 35.7 Å². The van der Waals surface area contributed by atoms with E-state index in [4.69, 9.17) is 0 Å². The van der Waals surface area contributed by atoms with Crippen LogP contribution in [0.25, 0.3) is 5.69 Å². The first-order valence-corrected chi connectivity index (χ1v) is 9.49. The van der Waals surface area contributed by atoms with Crippen molar-refractivity contribution in [2.24, 2.45) is 0 Å². The number of carbonyl (C=O) groups excluding carboxylic acids is 1. The highest BCUT2D eigenvalue weighted by Gasteiger charge is 2.14. The largest absolute Gasteiger partial charge is 0.315 e. The van der Waals surface area contributed by atoms with E-state index in [-0.39, 0.29) is 5.91 Å². The molecule has 3 rings (SSSR count). The first-order chi connectivity index (χ1) is 12.6. The molecule has 0 N–H and O–H groups in total. The van der Waals surface area contributed by atoms with Crippen molar-refractivity contribution in [3.8, 4) is 5.69 Å². The summed E-state index contributed by atoms with van der Waals surface area (Å²) in [6.07, 6.45) is 1.68. The Morgan fingerprint density at radius 1 is 1.12 bits per heavy atom. The molecular formula is C20H22N4OS. The monoisotopic (exact) mass is 366 g/mol. The highest BCUT2D eigenvalue weighted by molar-refractivity contribution is 7.99. The van der Waals surface area contributed by atoms with E-state index in [1.807, 2.05) is 34.9 Å². The van der Waals surface area contributed by atoms with E-state index in [1.165, 1.54) is 17.3 Å². The number of anilines is 1. The number of para-hydroxylation sites is 1. The van der Waals surface area contributed by atoms with Gasteiger partial charge in [-0.15, -0.1) is 10.2 Å². The number of rotatable bonds is 6. The van der Waals surface area contributed by atoms with Gasteiger partial charge in [-0.1, -0.05) is 55.9 Å². The van der Waals surface area contributed by atoms with Crippen LogP contribution in [-0.2, 0) is 4.79 Å². The Labute approximate surface area is 158 Å². The summed E-state index contributed by atoms with van der Waals surface area (Å²) >= 11 is 1.39. The van der Waals surface area contributed by atoms with E-state index in [1.54, 1.807) is 18.3 Å². The van der Waals surface area contributed by atoms with Crippen molar-refractivity contribution in [3.05, 3.63) is 66.5 Å². The van der Waals surface area contributed by atoms with Gasteiger partial charge in [0, 0.05) is 18.4 Å². The van der Waals surface area contributed by atoms with Crippen LogP contribution >= 0.6 is 11.8 Å². The lowest BCUT2D eigenvalue weighted by Gasteiger charge is -2.16. The Kier molecular flexibility index (Phi) is 5.73. The van der Waals surface area contributed by atoms with Crippen LogP contribution in [0.2, 0.25) is 0 Å². The molecule has 6 heteroatoms. The molecule has 0 aliphatic heterocycles. The first-order valence-electron chi connectivity index (χ1n) is 8.51. The van der Waals surface area contributed by atoms with Crippen molar-refractivity contribution >= 4 is 23.4 Å². The van der Waals surface area contributed by atoms with Gasteiger partial charge in [-0.25, -0.2) is 0 Å². The Morgan fingerprint density at radius 3 is 2.46 bits per heavy atom. The molecule has 0 atom stereocenters. The number of aromatic nitrogens is 3. The van der Waals surface area contributed by atoms with Crippen LogP contribution in [0.5, 0.6) is 0 Å². The van der Waals surface area contributed by atoms with E-state index in [2.05, 4.69) is 48.3 Å². The molecule has 1 heterocycles. The third-order valence-electron chi connectivity index (χ3n) is 4.20. The molecule has 0 aliphatic rings. The lowest BCUT2D eigenvalue weighted by molar-refractivity contribution is -0.115. The topological polar surface area (TPSA) is 51.0 Å². The maximum Gasteiger partial charge on any atom is 0.237 e. The average Bonchev–Trinajstić information content (AvgIpc) is 3.15. The highest BCUT2D eigenvalue weighted by atomic mass is 32.2. The lowest BCUT2D eigenvalue weighted by Crippen LogP contribution is -2.27. The summed E-state index contributed by atoms with van der Waals surface area (Å²) in [6.45, 7) is 4.34. The standard InChI is InChI=1S/C20H22N4OS/c1-15(2)16-9-11-18(12-10-16)24-14-21-22-20(24)26-13-19(25)23(3)17-7-5-4-6-8-17/h4-12,14-15H,13H2,1-3H3. The van der Waals surface area contributed by atoms with Crippen LogP contribution in [0.3, 0.4) is 0 Å². The molecule has 0 saturated carbocycles. The zero-order valence-electron chi connectivity index (χ0n) is 15.2. The minimum Gasteiger partial charge on any atom is -0.315 e. The van der Waals surface area contributed by atoms with Crippen LogP contribution in [0.1, 0.15) is 25.3 Å². The Morgan fingerprint density at radius 2 is 1.81 bits per heavy atom. The molecule has 1 aromatic heterocycles. The van der Waals surface area contributed by atoms with Crippen LogP contribution in [-0.4, -0.2) is 33.5 Å². The Balaban J connectivity index is 1.68. The van der Waals surface area contributed by atoms with E-state index in [0.29, 0.717) is 16.8 Å². The van der Waals surface area contributed by atoms with Crippen molar-refractivity contribution in [1.82, 2.24) is 14.8 Å². The molecule has 0 spiro atoms. The Bertz CT molecular complexity index is 859. The molecule has 0 saturated heterocycles. The third kappa shape index (κ3) is 4.14. The van der Waals surface area contributed by atoms with E-state index in [9.17, 15) is 4.79 Å². The summed E-state index contributed by atoms with van der Waals surface area (Å²) in [5.41, 5.74) is 3.16. The fraction of sp³-hybridized carbons (Fsp3) is 0.250. The summed E-state index contributed by atoms with van der Waals surface area (Å²) in [7, 11) is 1.79. The van der Waals surface area contributed by atoms with Crippen molar-refractivity contribution in [1.29, 1.82) is 0 Å². The predicted molar refractivity (Wildman–Crippen MR) is 106 cm³/mol. The zero-order chi connectivity index (χ0) is 18.5. The van der Waals surface area contributed by atoms with Crippen LogP contribution in [0.4, 0.5) is 5.69 Å². The number of carbonyl (C=O) groups is 1. The van der Waals surface area contributed by atoms with Gasteiger partial charge in [0.05, 0.1) is 5.75 Å². The van der Waals surface area contributed by atoms with Gasteiger partial charge < -0.3 is 4.90 Å². The van der Waals surface area contributed by atoms with Gasteiger partial charge in [0.25, 0.3) is 0 Å². The second-order valence-corrected chi connectivity index (χ2v) is 7.25. The molecule has 26 heavy (non-hydrogen) atoms. The summed E-state index contributed by atoms with van der Waals surface area (Å²) in [6, 6.07) is 18.0. The van der Waals surface area contributed by atoms with Crippen LogP contribution in [0.15, 0.2) is 66.1 Å². The van der Waals surface area contributed by atoms with Gasteiger partial charge in [0.2, 0.25) is 5.91 Å². The molecule has 0 aliphatic carbocycles. The van der Waals surface area contributed by atoms with Crippen LogP contribution in [0, 0.1) is 0 Å². The quantitative estimate of drug-likeness (QED) is 0.615. The highest BCUT2D eigenvalue weighted by Crippen LogP contribution is 2.22. The molecule has 3 aromatic rings. The minimum absolute atomic E-state index is 0.0194. The normalized spacial score (nSPS) is 10.9. The Hall–Kier alpha value is -2.60. The SMILES string of the molecule is CC(C)c1ccc(-n2cnnc2SCC(=O)N(C)c2ccccc2)cc1. The summed E-state index contributed by atoms with van der Waals surface area (Å²) in [4.78, 5) is 14.1. The van der Waals surface area contributed by atoms with E-state index in [0.717, 1.165) is 11.4 Å². The number of hydrogen-bond acceptors (Lipinski definition) is 4.